The molecule has 0 bridgehead atoms. The first-order chi connectivity index (χ1) is 9.63. The quantitative estimate of drug-likeness (QED) is 0.834. The lowest BCUT2D eigenvalue weighted by molar-refractivity contribution is 0.0749. The van der Waals surface area contributed by atoms with Crippen molar-refractivity contribution in [2.75, 3.05) is 12.3 Å². The number of anilines is 1. The van der Waals surface area contributed by atoms with E-state index in [4.69, 9.17) is 5.73 Å². The number of para-hydroxylation sites is 1. The minimum Gasteiger partial charge on any atom is -0.505 e. The molecule has 0 spiro atoms. The van der Waals surface area contributed by atoms with Gasteiger partial charge in [0.2, 0.25) is 0 Å². The van der Waals surface area contributed by atoms with Gasteiger partial charge in [-0.15, -0.1) is 0 Å². The average molecular weight is 271 g/mol. The Kier molecular flexibility index (Phi) is 4.20. The highest BCUT2D eigenvalue weighted by Gasteiger charge is 2.18. The lowest BCUT2D eigenvalue weighted by Gasteiger charge is -2.22. The molecule has 1 aromatic heterocycles. The molecule has 5 nitrogen and oxygen atoms in total. The van der Waals surface area contributed by atoms with E-state index >= 15 is 0 Å². The number of aromatic nitrogens is 1. The lowest BCUT2D eigenvalue weighted by atomic mass is 10.1. The van der Waals surface area contributed by atoms with Crippen LogP contribution in [0, 0.1) is 0 Å². The predicted molar refractivity (Wildman–Crippen MR) is 77.2 cm³/mol. The largest absolute Gasteiger partial charge is 0.505 e. The maximum Gasteiger partial charge on any atom is 0.258 e. The maximum atomic E-state index is 12.4. The van der Waals surface area contributed by atoms with Crippen LogP contribution >= 0.6 is 0 Å². The topological polar surface area (TPSA) is 79.5 Å². The molecule has 20 heavy (non-hydrogen) atoms. The van der Waals surface area contributed by atoms with Gasteiger partial charge in [-0.3, -0.25) is 9.78 Å². The number of carbonyl (C=O) groups excluding carboxylic acids is 1. The van der Waals surface area contributed by atoms with E-state index in [1.54, 1.807) is 11.0 Å². The number of rotatable bonds is 4. The molecule has 0 aliphatic rings. The van der Waals surface area contributed by atoms with E-state index in [2.05, 4.69) is 4.98 Å². The molecular formula is C15H17N3O2. The highest BCUT2D eigenvalue weighted by Crippen LogP contribution is 2.19. The van der Waals surface area contributed by atoms with Crippen molar-refractivity contribution >= 4 is 11.6 Å². The Hall–Kier alpha value is -2.56. The van der Waals surface area contributed by atoms with Gasteiger partial charge in [-0.25, -0.2) is 0 Å². The number of pyridine rings is 1. The zero-order valence-corrected chi connectivity index (χ0v) is 11.3. The van der Waals surface area contributed by atoms with Gasteiger partial charge in [0, 0.05) is 25.0 Å². The third-order valence-corrected chi connectivity index (χ3v) is 3.12. The SMILES string of the molecule is CCN(Cc1ccccc1N)C(=O)c1ccncc1O. The van der Waals surface area contributed by atoms with Crippen LogP contribution in [0.4, 0.5) is 5.69 Å². The third kappa shape index (κ3) is 2.88. The maximum absolute atomic E-state index is 12.4. The van der Waals surface area contributed by atoms with Crippen LogP contribution in [0.25, 0.3) is 0 Å². The summed E-state index contributed by atoms with van der Waals surface area (Å²) in [4.78, 5) is 17.8. The molecule has 0 radical (unpaired) electrons. The molecule has 0 unspecified atom stereocenters. The molecule has 0 fully saturated rings. The summed E-state index contributed by atoms with van der Waals surface area (Å²) in [5.41, 5.74) is 7.68. The summed E-state index contributed by atoms with van der Waals surface area (Å²) in [6, 6.07) is 8.93. The van der Waals surface area contributed by atoms with E-state index in [-0.39, 0.29) is 17.2 Å². The number of aromatic hydroxyl groups is 1. The molecule has 104 valence electrons. The predicted octanol–water partition coefficient (Wildman–Crippen LogP) is 2.03. The number of nitrogens with two attached hydrogens (primary N) is 1. The van der Waals surface area contributed by atoms with Crippen LogP contribution in [0.15, 0.2) is 42.7 Å². The fourth-order valence-electron chi connectivity index (χ4n) is 1.95. The number of amides is 1. The van der Waals surface area contributed by atoms with Gasteiger partial charge in [0.15, 0.2) is 0 Å². The van der Waals surface area contributed by atoms with Crippen molar-refractivity contribution in [3.63, 3.8) is 0 Å². The monoisotopic (exact) mass is 271 g/mol. The number of hydrogen-bond acceptors (Lipinski definition) is 4. The smallest absolute Gasteiger partial charge is 0.258 e. The lowest BCUT2D eigenvalue weighted by Crippen LogP contribution is -2.30. The Morgan fingerprint density at radius 2 is 2.10 bits per heavy atom. The number of carbonyl (C=O) groups is 1. The van der Waals surface area contributed by atoms with Crippen molar-refractivity contribution in [3.05, 3.63) is 53.9 Å². The highest BCUT2D eigenvalue weighted by molar-refractivity contribution is 5.96. The zero-order valence-electron chi connectivity index (χ0n) is 11.3. The molecule has 0 atom stereocenters. The normalized spacial score (nSPS) is 10.2. The Morgan fingerprint density at radius 3 is 2.75 bits per heavy atom. The molecule has 0 aliphatic heterocycles. The zero-order chi connectivity index (χ0) is 14.5. The first-order valence-electron chi connectivity index (χ1n) is 6.39. The molecule has 3 N–H and O–H groups in total. The minimum absolute atomic E-state index is 0.114. The van der Waals surface area contributed by atoms with Crippen molar-refractivity contribution < 1.29 is 9.90 Å². The van der Waals surface area contributed by atoms with Crippen LogP contribution < -0.4 is 5.73 Å². The molecule has 0 aliphatic carbocycles. The molecular weight excluding hydrogens is 254 g/mol. The summed E-state index contributed by atoms with van der Waals surface area (Å²) < 4.78 is 0. The van der Waals surface area contributed by atoms with Gasteiger partial charge in [-0.1, -0.05) is 18.2 Å². The Balaban J connectivity index is 2.23. The molecule has 2 aromatic rings. The highest BCUT2D eigenvalue weighted by atomic mass is 16.3. The van der Waals surface area contributed by atoms with Gasteiger partial charge in [0.05, 0.1) is 11.8 Å². The summed E-state index contributed by atoms with van der Waals surface area (Å²) in [6.07, 6.45) is 2.75. The van der Waals surface area contributed by atoms with E-state index in [0.29, 0.717) is 18.8 Å². The third-order valence-electron chi connectivity index (χ3n) is 3.12. The average Bonchev–Trinajstić information content (AvgIpc) is 2.46. The molecule has 0 saturated heterocycles. The molecule has 1 heterocycles. The summed E-state index contributed by atoms with van der Waals surface area (Å²) >= 11 is 0. The molecule has 1 aromatic carbocycles. The Bertz CT molecular complexity index is 614. The van der Waals surface area contributed by atoms with Gasteiger partial charge in [0.25, 0.3) is 5.91 Å². The second-order valence-electron chi connectivity index (χ2n) is 4.41. The van der Waals surface area contributed by atoms with Crippen LogP contribution in [0.3, 0.4) is 0 Å². The van der Waals surface area contributed by atoms with Crippen molar-refractivity contribution in [2.45, 2.75) is 13.5 Å². The fraction of sp³-hybridized carbons (Fsp3) is 0.200. The number of hydrogen-bond donors (Lipinski definition) is 2. The van der Waals surface area contributed by atoms with E-state index in [1.165, 1.54) is 18.5 Å². The van der Waals surface area contributed by atoms with Crippen LogP contribution in [-0.4, -0.2) is 27.4 Å². The number of nitrogens with zero attached hydrogens (tertiary/aromatic N) is 2. The first kappa shape index (κ1) is 13.9. The first-order valence-corrected chi connectivity index (χ1v) is 6.39. The van der Waals surface area contributed by atoms with Gasteiger partial charge >= 0.3 is 0 Å². The van der Waals surface area contributed by atoms with Crippen LogP contribution in [0.1, 0.15) is 22.8 Å². The molecule has 2 rings (SSSR count). The van der Waals surface area contributed by atoms with Gasteiger partial charge in [-0.05, 0) is 24.6 Å². The fourth-order valence-corrected chi connectivity index (χ4v) is 1.95. The molecule has 5 heteroatoms. The van der Waals surface area contributed by atoms with E-state index < -0.39 is 0 Å². The second kappa shape index (κ2) is 6.06. The van der Waals surface area contributed by atoms with E-state index in [0.717, 1.165) is 5.56 Å². The summed E-state index contributed by atoms with van der Waals surface area (Å²) in [5, 5.41) is 9.71. The van der Waals surface area contributed by atoms with Crippen molar-refractivity contribution in [1.29, 1.82) is 0 Å². The summed E-state index contributed by atoms with van der Waals surface area (Å²) in [6.45, 7) is 2.81. The van der Waals surface area contributed by atoms with Crippen molar-refractivity contribution in [3.8, 4) is 5.75 Å². The van der Waals surface area contributed by atoms with E-state index in [1.807, 2.05) is 25.1 Å². The van der Waals surface area contributed by atoms with Gasteiger partial charge in [-0.2, -0.15) is 0 Å². The minimum atomic E-state index is -0.240. The second-order valence-corrected chi connectivity index (χ2v) is 4.41. The van der Waals surface area contributed by atoms with Crippen LogP contribution in [0.5, 0.6) is 5.75 Å². The van der Waals surface area contributed by atoms with Gasteiger partial charge < -0.3 is 15.7 Å². The summed E-state index contributed by atoms with van der Waals surface area (Å²) in [7, 11) is 0. The number of benzene rings is 1. The van der Waals surface area contributed by atoms with E-state index in [9.17, 15) is 9.90 Å². The van der Waals surface area contributed by atoms with Crippen LogP contribution in [0.2, 0.25) is 0 Å². The van der Waals surface area contributed by atoms with Gasteiger partial charge in [0.1, 0.15) is 5.75 Å². The molecule has 0 saturated carbocycles. The summed E-state index contributed by atoms with van der Waals surface area (Å²) in [5.74, 6) is -0.354. The Morgan fingerprint density at radius 1 is 1.35 bits per heavy atom. The van der Waals surface area contributed by atoms with Crippen molar-refractivity contribution in [2.24, 2.45) is 0 Å². The Labute approximate surface area is 117 Å². The van der Waals surface area contributed by atoms with Crippen molar-refractivity contribution in [1.82, 2.24) is 9.88 Å². The standard InChI is InChI=1S/C15H17N3O2/c1-2-18(10-11-5-3-4-6-13(11)16)15(20)12-7-8-17-9-14(12)19/h3-9,19H,2,10,16H2,1H3. The van der Waals surface area contributed by atoms with Crippen LogP contribution in [-0.2, 0) is 6.54 Å². The molecule has 1 amide bonds. The number of nitrogen functional groups attached to an aromatic ring is 1.